The minimum absolute atomic E-state index is 0.169. The van der Waals surface area contributed by atoms with Crippen molar-refractivity contribution >= 4 is 6.09 Å². The number of rotatable bonds is 2. The molecule has 0 radical (unpaired) electrons. The fraction of sp³-hybridized carbons (Fsp3) is 0.700. The second-order valence-electron chi connectivity index (χ2n) is 8.47. The van der Waals surface area contributed by atoms with E-state index in [1.54, 1.807) is 12.4 Å². The van der Waals surface area contributed by atoms with Crippen LogP contribution in [-0.2, 0) is 4.74 Å². The highest BCUT2D eigenvalue weighted by Crippen LogP contribution is 2.45. The Morgan fingerprint density at radius 3 is 2.28 bits per heavy atom. The van der Waals surface area contributed by atoms with Gasteiger partial charge in [-0.2, -0.15) is 0 Å². The molecule has 1 aliphatic carbocycles. The summed E-state index contributed by atoms with van der Waals surface area (Å²) < 4.78 is 11.6. The SMILES string of the molecule is CC(C)(C)OC(=O)N1CCC2(CCC(Oc3ccncc3)CC2)CC1. The summed E-state index contributed by atoms with van der Waals surface area (Å²) in [4.78, 5) is 18.1. The Kier molecular flexibility index (Phi) is 5.21. The molecule has 1 saturated heterocycles. The van der Waals surface area contributed by atoms with Gasteiger partial charge in [0.2, 0.25) is 0 Å². The zero-order valence-corrected chi connectivity index (χ0v) is 15.7. The Hall–Kier alpha value is -1.78. The standard InChI is InChI=1S/C20H30N2O3/c1-19(2,3)25-18(23)22-14-10-20(11-15-22)8-4-16(5-9-20)24-17-6-12-21-13-7-17/h6-7,12-13,16H,4-5,8-11,14-15H2,1-3H3. The molecule has 1 aromatic heterocycles. The maximum absolute atomic E-state index is 12.2. The van der Waals surface area contributed by atoms with Crippen LogP contribution in [0.5, 0.6) is 5.75 Å². The summed E-state index contributed by atoms with van der Waals surface area (Å²) in [6.07, 6.45) is 10.4. The molecule has 0 unspecified atom stereocenters. The highest BCUT2D eigenvalue weighted by Gasteiger charge is 2.40. The number of hydrogen-bond donors (Lipinski definition) is 0. The number of likely N-dealkylation sites (tertiary alicyclic amines) is 1. The van der Waals surface area contributed by atoms with Crippen LogP contribution in [0.3, 0.4) is 0 Å². The van der Waals surface area contributed by atoms with Crippen molar-refractivity contribution < 1.29 is 14.3 Å². The number of hydrogen-bond acceptors (Lipinski definition) is 4. The van der Waals surface area contributed by atoms with Crippen LogP contribution in [0.1, 0.15) is 59.3 Å². The molecule has 2 heterocycles. The normalized spacial score (nSPS) is 21.2. The fourth-order valence-corrected chi connectivity index (χ4v) is 3.92. The number of nitrogens with zero attached hydrogens (tertiary/aromatic N) is 2. The summed E-state index contributed by atoms with van der Waals surface area (Å²) in [5, 5.41) is 0. The summed E-state index contributed by atoms with van der Waals surface area (Å²) in [5.41, 5.74) is -0.0365. The molecule has 5 nitrogen and oxygen atoms in total. The predicted molar refractivity (Wildman–Crippen MR) is 96.6 cm³/mol. The first-order valence-electron chi connectivity index (χ1n) is 9.40. The van der Waals surface area contributed by atoms with E-state index in [-0.39, 0.29) is 6.09 Å². The number of aromatic nitrogens is 1. The Morgan fingerprint density at radius 1 is 1.12 bits per heavy atom. The number of piperidine rings is 1. The van der Waals surface area contributed by atoms with E-state index in [1.807, 2.05) is 37.8 Å². The molecule has 25 heavy (non-hydrogen) atoms. The molecule has 2 aliphatic rings. The van der Waals surface area contributed by atoms with Crippen molar-refractivity contribution in [3.8, 4) is 5.75 Å². The second kappa shape index (κ2) is 7.22. The smallest absolute Gasteiger partial charge is 0.410 e. The van der Waals surface area contributed by atoms with Gasteiger partial charge in [-0.05, 0) is 76.8 Å². The van der Waals surface area contributed by atoms with Crippen molar-refractivity contribution in [3.63, 3.8) is 0 Å². The Labute approximate surface area is 150 Å². The molecular weight excluding hydrogens is 316 g/mol. The van der Waals surface area contributed by atoms with Gasteiger partial charge in [-0.15, -0.1) is 0 Å². The van der Waals surface area contributed by atoms with Crippen LogP contribution in [0.4, 0.5) is 4.79 Å². The lowest BCUT2D eigenvalue weighted by atomic mass is 9.67. The summed E-state index contributed by atoms with van der Waals surface area (Å²) in [7, 11) is 0. The van der Waals surface area contributed by atoms with Crippen LogP contribution >= 0.6 is 0 Å². The summed E-state index contributed by atoms with van der Waals surface area (Å²) in [6, 6.07) is 3.84. The zero-order chi connectivity index (χ0) is 17.9. The highest BCUT2D eigenvalue weighted by atomic mass is 16.6. The summed E-state index contributed by atoms with van der Waals surface area (Å²) in [5.74, 6) is 0.913. The summed E-state index contributed by atoms with van der Waals surface area (Å²) in [6.45, 7) is 7.37. The lowest BCUT2D eigenvalue weighted by Gasteiger charge is -2.45. The second-order valence-corrected chi connectivity index (χ2v) is 8.47. The van der Waals surface area contributed by atoms with E-state index in [0.29, 0.717) is 11.5 Å². The molecule has 0 atom stereocenters. The average Bonchev–Trinajstić information content (AvgIpc) is 2.57. The van der Waals surface area contributed by atoms with E-state index in [1.165, 1.54) is 12.8 Å². The van der Waals surface area contributed by atoms with Crippen molar-refractivity contribution in [2.75, 3.05) is 13.1 Å². The van der Waals surface area contributed by atoms with Gasteiger partial charge in [-0.25, -0.2) is 4.79 Å². The molecular formula is C20H30N2O3. The van der Waals surface area contributed by atoms with Gasteiger partial charge in [0.05, 0.1) is 6.10 Å². The zero-order valence-electron chi connectivity index (χ0n) is 15.7. The molecule has 0 aromatic carbocycles. The van der Waals surface area contributed by atoms with Crippen LogP contribution in [0.25, 0.3) is 0 Å². The lowest BCUT2D eigenvalue weighted by Crippen LogP contribution is -2.46. The Bertz CT molecular complexity index is 564. The monoisotopic (exact) mass is 346 g/mol. The first kappa shape index (κ1) is 18.0. The molecule has 1 amide bonds. The first-order chi connectivity index (χ1) is 11.9. The van der Waals surface area contributed by atoms with Crippen molar-refractivity contribution in [2.45, 2.75) is 71.0 Å². The van der Waals surface area contributed by atoms with Gasteiger partial charge in [-0.3, -0.25) is 4.98 Å². The van der Waals surface area contributed by atoms with Crippen LogP contribution in [0, 0.1) is 5.41 Å². The molecule has 1 spiro atoms. The van der Waals surface area contributed by atoms with E-state index < -0.39 is 5.60 Å². The fourth-order valence-electron chi connectivity index (χ4n) is 3.92. The number of carbonyl (C=O) groups excluding carboxylic acids is 1. The van der Waals surface area contributed by atoms with Gasteiger partial charge in [0.1, 0.15) is 11.4 Å². The average molecular weight is 346 g/mol. The number of amides is 1. The quantitative estimate of drug-likeness (QED) is 0.795. The van der Waals surface area contributed by atoms with Crippen LogP contribution in [-0.4, -0.2) is 40.8 Å². The van der Waals surface area contributed by atoms with E-state index >= 15 is 0 Å². The van der Waals surface area contributed by atoms with Gasteiger partial charge >= 0.3 is 6.09 Å². The third-order valence-corrected chi connectivity index (χ3v) is 5.42. The molecule has 1 saturated carbocycles. The number of ether oxygens (including phenoxy) is 2. The van der Waals surface area contributed by atoms with E-state index in [2.05, 4.69) is 4.98 Å². The van der Waals surface area contributed by atoms with Gasteiger partial charge in [0.25, 0.3) is 0 Å². The third-order valence-electron chi connectivity index (χ3n) is 5.42. The lowest BCUT2D eigenvalue weighted by molar-refractivity contribution is -0.00466. The molecule has 0 N–H and O–H groups in total. The maximum Gasteiger partial charge on any atom is 0.410 e. The van der Waals surface area contributed by atoms with Gasteiger partial charge in [-0.1, -0.05) is 0 Å². The largest absolute Gasteiger partial charge is 0.490 e. The van der Waals surface area contributed by atoms with Crippen molar-refractivity contribution in [3.05, 3.63) is 24.5 Å². The Morgan fingerprint density at radius 2 is 1.72 bits per heavy atom. The number of pyridine rings is 1. The third kappa shape index (κ3) is 4.86. The minimum atomic E-state index is -0.422. The van der Waals surface area contributed by atoms with Gasteiger partial charge in [0.15, 0.2) is 0 Å². The summed E-state index contributed by atoms with van der Waals surface area (Å²) >= 11 is 0. The maximum atomic E-state index is 12.2. The van der Waals surface area contributed by atoms with Crippen LogP contribution < -0.4 is 4.74 Å². The first-order valence-corrected chi connectivity index (χ1v) is 9.40. The van der Waals surface area contributed by atoms with Crippen molar-refractivity contribution in [2.24, 2.45) is 5.41 Å². The van der Waals surface area contributed by atoms with Crippen LogP contribution in [0.2, 0.25) is 0 Å². The Balaban J connectivity index is 1.46. The topological polar surface area (TPSA) is 51.7 Å². The van der Waals surface area contributed by atoms with E-state index in [9.17, 15) is 4.79 Å². The molecule has 1 aromatic rings. The van der Waals surface area contributed by atoms with Crippen molar-refractivity contribution in [1.29, 1.82) is 0 Å². The molecule has 0 bridgehead atoms. The molecule has 5 heteroatoms. The predicted octanol–water partition coefficient (Wildman–Crippen LogP) is 4.42. The minimum Gasteiger partial charge on any atom is -0.490 e. The van der Waals surface area contributed by atoms with Crippen LogP contribution in [0.15, 0.2) is 24.5 Å². The number of carbonyl (C=O) groups is 1. The molecule has 138 valence electrons. The van der Waals surface area contributed by atoms with E-state index in [4.69, 9.17) is 9.47 Å². The van der Waals surface area contributed by atoms with E-state index in [0.717, 1.165) is 44.5 Å². The van der Waals surface area contributed by atoms with Gasteiger partial charge < -0.3 is 14.4 Å². The van der Waals surface area contributed by atoms with Gasteiger partial charge in [0, 0.05) is 25.5 Å². The molecule has 2 fully saturated rings. The molecule has 1 aliphatic heterocycles. The molecule has 3 rings (SSSR count). The highest BCUT2D eigenvalue weighted by molar-refractivity contribution is 5.68. The van der Waals surface area contributed by atoms with Crippen molar-refractivity contribution in [1.82, 2.24) is 9.88 Å².